The van der Waals surface area contributed by atoms with Gasteiger partial charge in [-0.15, -0.1) is 0 Å². The van der Waals surface area contributed by atoms with E-state index in [2.05, 4.69) is 0 Å². The van der Waals surface area contributed by atoms with Crippen LogP contribution in [0.5, 0.6) is 0 Å². The van der Waals surface area contributed by atoms with Crippen molar-refractivity contribution in [1.29, 1.82) is 0 Å². The highest BCUT2D eigenvalue weighted by molar-refractivity contribution is 5.75. The molecule has 0 bridgehead atoms. The summed E-state index contributed by atoms with van der Waals surface area (Å²) in [6.45, 7) is 5.05. The average Bonchev–Trinajstić information content (AvgIpc) is 2.02. The van der Waals surface area contributed by atoms with Gasteiger partial charge >= 0.3 is 0 Å². The molecule has 0 amide bonds. The summed E-state index contributed by atoms with van der Waals surface area (Å²) < 4.78 is 5.26. The molecule has 0 aliphatic heterocycles. The van der Waals surface area contributed by atoms with Crippen molar-refractivity contribution >= 4 is 5.78 Å². The molecule has 0 heterocycles. The average molecular weight is 170 g/mol. The van der Waals surface area contributed by atoms with Crippen LogP contribution in [-0.2, 0) is 9.53 Å². The molecule has 0 atom stereocenters. The molecule has 12 heavy (non-hydrogen) atoms. The van der Waals surface area contributed by atoms with Gasteiger partial charge in [0.2, 0.25) is 0 Å². The normalized spacial score (nSPS) is 10.8. The smallest absolute Gasteiger partial charge is 0.129 e. The van der Waals surface area contributed by atoms with Gasteiger partial charge in [0, 0.05) is 13.0 Å². The summed E-state index contributed by atoms with van der Waals surface area (Å²) in [5.41, 5.74) is 0. The Morgan fingerprint density at radius 1 is 1.42 bits per heavy atom. The SMILES string of the molecule is CC=CCOCCCCC(C)=O. The third-order valence-corrected chi connectivity index (χ3v) is 1.52. The van der Waals surface area contributed by atoms with Crippen molar-refractivity contribution in [2.45, 2.75) is 33.1 Å². The number of Topliss-reactive ketones (excluding diaryl/α,β-unsaturated/α-hetero) is 1. The van der Waals surface area contributed by atoms with Crippen LogP contribution in [0.15, 0.2) is 12.2 Å². The summed E-state index contributed by atoms with van der Waals surface area (Å²) in [7, 11) is 0. The van der Waals surface area contributed by atoms with Crippen LogP contribution in [0, 0.1) is 0 Å². The van der Waals surface area contributed by atoms with Crippen molar-refractivity contribution in [2.24, 2.45) is 0 Å². The second-order valence-corrected chi connectivity index (χ2v) is 2.80. The summed E-state index contributed by atoms with van der Waals surface area (Å²) in [6.07, 6.45) is 6.57. The maximum atomic E-state index is 10.5. The van der Waals surface area contributed by atoms with Crippen molar-refractivity contribution < 1.29 is 9.53 Å². The van der Waals surface area contributed by atoms with Crippen LogP contribution in [0.2, 0.25) is 0 Å². The van der Waals surface area contributed by atoms with E-state index in [4.69, 9.17) is 4.74 Å². The fourth-order valence-electron chi connectivity index (χ4n) is 0.826. The first kappa shape index (κ1) is 11.4. The molecule has 0 unspecified atom stereocenters. The number of unbranched alkanes of at least 4 members (excludes halogenated alkanes) is 1. The molecule has 0 aliphatic carbocycles. The molecule has 0 spiro atoms. The monoisotopic (exact) mass is 170 g/mol. The molecule has 2 nitrogen and oxygen atoms in total. The fraction of sp³-hybridized carbons (Fsp3) is 0.700. The highest BCUT2D eigenvalue weighted by Crippen LogP contribution is 1.96. The summed E-state index contributed by atoms with van der Waals surface area (Å²) in [4.78, 5) is 10.5. The molecule has 0 aromatic carbocycles. The number of carbonyl (C=O) groups excluding carboxylic acids is 1. The predicted octanol–water partition coefficient (Wildman–Crippen LogP) is 2.34. The van der Waals surface area contributed by atoms with Gasteiger partial charge in [-0.1, -0.05) is 12.2 Å². The maximum absolute atomic E-state index is 10.5. The molecule has 2 heteroatoms. The first-order valence-corrected chi connectivity index (χ1v) is 4.45. The zero-order valence-electron chi connectivity index (χ0n) is 8.01. The predicted molar refractivity (Wildman–Crippen MR) is 50.2 cm³/mol. The highest BCUT2D eigenvalue weighted by atomic mass is 16.5. The number of allylic oxidation sites excluding steroid dienone is 1. The molecular formula is C10H18O2. The molecule has 0 saturated carbocycles. The third kappa shape index (κ3) is 9.37. The molecule has 0 aromatic heterocycles. The van der Waals surface area contributed by atoms with E-state index in [0.29, 0.717) is 13.0 Å². The number of ketones is 1. The van der Waals surface area contributed by atoms with Crippen molar-refractivity contribution in [1.82, 2.24) is 0 Å². The lowest BCUT2D eigenvalue weighted by Crippen LogP contribution is -1.96. The van der Waals surface area contributed by atoms with Crippen LogP contribution in [0.1, 0.15) is 33.1 Å². The summed E-state index contributed by atoms with van der Waals surface area (Å²) in [6, 6.07) is 0. The van der Waals surface area contributed by atoms with Crippen LogP contribution >= 0.6 is 0 Å². The number of carbonyl (C=O) groups is 1. The van der Waals surface area contributed by atoms with Gasteiger partial charge in [-0.3, -0.25) is 0 Å². The van der Waals surface area contributed by atoms with E-state index >= 15 is 0 Å². The van der Waals surface area contributed by atoms with Crippen molar-refractivity contribution in [3.05, 3.63) is 12.2 Å². The highest BCUT2D eigenvalue weighted by Gasteiger charge is 1.92. The van der Waals surface area contributed by atoms with Crippen LogP contribution in [0.4, 0.5) is 0 Å². The second-order valence-electron chi connectivity index (χ2n) is 2.80. The van der Waals surface area contributed by atoms with Gasteiger partial charge in [0.25, 0.3) is 0 Å². The van der Waals surface area contributed by atoms with Gasteiger partial charge in [0.15, 0.2) is 0 Å². The Labute approximate surface area is 74.6 Å². The van der Waals surface area contributed by atoms with Gasteiger partial charge < -0.3 is 9.53 Å². The zero-order valence-corrected chi connectivity index (χ0v) is 8.01. The number of hydrogen-bond donors (Lipinski definition) is 0. The Morgan fingerprint density at radius 2 is 2.17 bits per heavy atom. The third-order valence-electron chi connectivity index (χ3n) is 1.52. The number of hydrogen-bond acceptors (Lipinski definition) is 2. The first-order chi connectivity index (χ1) is 5.77. The molecule has 0 saturated heterocycles. The molecule has 0 aliphatic rings. The van der Waals surface area contributed by atoms with Gasteiger partial charge in [-0.25, -0.2) is 0 Å². The largest absolute Gasteiger partial charge is 0.377 e. The minimum Gasteiger partial charge on any atom is -0.377 e. The number of ether oxygens (including phenoxy) is 1. The second kappa shape index (κ2) is 8.47. The van der Waals surface area contributed by atoms with Gasteiger partial charge in [-0.2, -0.15) is 0 Å². The van der Waals surface area contributed by atoms with E-state index in [0.717, 1.165) is 19.4 Å². The van der Waals surface area contributed by atoms with Crippen molar-refractivity contribution in [2.75, 3.05) is 13.2 Å². The van der Waals surface area contributed by atoms with E-state index in [1.807, 2.05) is 19.1 Å². The van der Waals surface area contributed by atoms with Crippen molar-refractivity contribution in [3.63, 3.8) is 0 Å². The quantitative estimate of drug-likeness (QED) is 0.433. The van der Waals surface area contributed by atoms with Crippen LogP contribution in [0.25, 0.3) is 0 Å². The van der Waals surface area contributed by atoms with E-state index in [1.54, 1.807) is 6.92 Å². The van der Waals surface area contributed by atoms with E-state index in [1.165, 1.54) is 0 Å². The topological polar surface area (TPSA) is 26.3 Å². The van der Waals surface area contributed by atoms with Crippen LogP contribution in [0.3, 0.4) is 0 Å². The molecular weight excluding hydrogens is 152 g/mol. The lowest BCUT2D eigenvalue weighted by molar-refractivity contribution is -0.117. The Morgan fingerprint density at radius 3 is 2.75 bits per heavy atom. The Balaban J connectivity index is 2.96. The summed E-state index contributed by atoms with van der Waals surface area (Å²) in [5, 5.41) is 0. The zero-order chi connectivity index (χ0) is 9.23. The van der Waals surface area contributed by atoms with E-state index < -0.39 is 0 Å². The molecule has 0 aromatic rings. The van der Waals surface area contributed by atoms with Gasteiger partial charge in [-0.05, 0) is 26.7 Å². The summed E-state index contributed by atoms with van der Waals surface area (Å²) >= 11 is 0. The molecule has 0 radical (unpaired) electrons. The van der Waals surface area contributed by atoms with Gasteiger partial charge in [0.1, 0.15) is 5.78 Å². The standard InChI is InChI=1S/C10H18O2/c1-3-4-8-12-9-6-5-7-10(2)11/h3-4H,5-9H2,1-2H3. The maximum Gasteiger partial charge on any atom is 0.129 e. The molecule has 0 fully saturated rings. The summed E-state index contributed by atoms with van der Waals surface area (Å²) in [5.74, 6) is 0.267. The minimum atomic E-state index is 0.267. The molecule has 0 rings (SSSR count). The molecule has 70 valence electrons. The first-order valence-electron chi connectivity index (χ1n) is 4.45. The lowest BCUT2D eigenvalue weighted by Gasteiger charge is -1.99. The fourth-order valence-corrected chi connectivity index (χ4v) is 0.826. The minimum absolute atomic E-state index is 0.267. The van der Waals surface area contributed by atoms with E-state index in [9.17, 15) is 4.79 Å². The van der Waals surface area contributed by atoms with Crippen LogP contribution < -0.4 is 0 Å². The Hall–Kier alpha value is -0.630. The Bertz CT molecular complexity index is 139. The molecule has 0 N–H and O–H groups in total. The number of rotatable bonds is 7. The van der Waals surface area contributed by atoms with Crippen LogP contribution in [-0.4, -0.2) is 19.0 Å². The van der Waals surface area contributed by atoms with E-state index in [-0.39, 0.29) is 5.78 Å². The van der Waals surface area contributed by atoms with Crippen molar-refractivity contribution in [3.8, 4) is 0 Å². The Kier molecular flexibility index (Phi) is 8.02. The lowest BCUT2D eigenvalue weighted by atomic mass is 10.2. The van der Waals surface area contributed by atoms with Gasteiger partial charge in [0.05, 0.1) is 6.61 Å².